The van der Waals surface area contributed by atoms with Crippen LogP contribution in [0, 0.1) is 0 Å². The van der Waals surface area contributed by atoms with E-state index in [1.54, 1.807) is 48.9 Å². The van der Waals surface area contributed by atoms with Crippen molar-refractivity contribution in [3.8, 4) is 22.8 Å². The third-order valence-electron chi connectivity index (χ3n) is 3.59. The van der Waals surface area contributed by atoms with Crippen LogP contribution < -0.4 is 14.8 Å². The zero-order valence-electron chi connectivity index (χ0n) is 13.8. The predicted octanol–water partition coefficient (Wildman–Crippen LogP) is 3.51. The van der Waals surface area contributed by atoms with Crippen LogP contribution in [0.15, 0.2) is 59.4 Å². The molecule has 1 N–H and O–H groups in total. The van der Waals surface area contributed by atoms with Crippen LogP contribution in [0.1, 0.15) is 5.56 Å². The number of ether oxygens (including phenoxy) is 2. The number of amides is 1. The highest BCUT2D eigenvalue weighted by Crippen LogP contribution is 2.23. The van der Waals surface area contributed by atoms with Crippen molar-refractivity contribution < 1.29 is 14.3 Å². The Kier molecular flexibility index (Phi) is 5.64. The Morgan fingerprint density at radius 2 is 1.96 bits per heavy atom. The van der Waals surface area contributed by atoms with Crippen LogP contribution in [-0.4, -0.2) is 24.6 Å². The van der Waals surface area contributed by atoms with Gasteiger partial charge in [-0.2, -0.15) is 11.3 Å². The normalized spacial score (nSPS) is 10.3. The van der Waals surface area contributed by atoms with Crippen molar-refractivity contribution in [3.63, 3.8) is 0 Å². The maximum atomic E-state index is 12.0. The lowest BCUT2D eigenvalue weighted by Gasteiger charge is -2.10. The molecule has 0 aliphatic carbocycles. The molecule has 0 bridgehead atoms. The fourth-order valence-electron chi connectivity index (χ4n) is 2.31. The van der Waals surface area contributed by atoms with Gasteiger partial charge in [-0.25, -0.2) is 0 Å². The summed E-state index contributed by atoms with van der Waals surface area (Å²) in [4.78, 5) is 16.5. The van der Waals surface area contributed by atoms with Gasteiger partial charge >= 0.3 is 0 Å². The van der Waals surface area contributed by atoms with Gasteiger partial charge in [0.1, 0.15) is 11.5 Å². The fraction of sp³-hybridized carbons (Fsp3) is 0.158. The van der Waals surface area contributed by atoms with Crippen LogP contribution in [0.5, 0.6) is 11.5 Å². The highest BCUT2D eigenvalue weighted by atomic mass is 32.1. The van der Waals surface area contributed by atoms with E-state index in [0.717, 1.165) is 22.6 Å². The molecule has 0 fully saturated rings. The number of methoxy groups -OCH3 is 1. The highest BCUT2D eigenvalue weighted by molar-refractivity contribution is 7.08. The minimum Gasteiger partial charge on any atom is -0.497 e. The number of benzene rings is 1. The summed E-state index contributed by atoms with van der Waals surface area (Å²) in [5.41, 5.74) is 2.92. The van der Waals surface area contributed by atoms with Gasteiger partial charge in [-0.15, -0.1) is 0 Å². The number of hydrogen-bond donors (Lipinski definition) is 1. The molecule has 0 spiro atoms. The molecule has 0 aliphatic heterocycles. The van der Waals surface area contributed by atoms with E-state index in [4.69, 9.17) is 9.47 Å². The molecular formula is C19H18N2O3S. The summed E-state index contributed by atoms with van der Waals surface area (Å²) in [5, 5.41) is 6.92. The van der Waals surface area contributed by atoms with E-state index < -0.39 is 0 Å². The minimum atomic E-state index is -0.184. The van der Waals surface area contributed by atoms with Crippen molar-refractivity contribution in [1.82, 2.24) is 10.3 Å². The fourth-order valence-corrected chi connectivity index (χ4v) is 2.95. The molecule has 0 saturated heterocycles. The van der Waals surface area contributed by atoms with E-state index in [9.17, 15) is 4.79 Å². The van der Waals surface area contributed by atoms with Crippen LogP contribution in [0.25, 0.3) is 11.3 Å². The van der Waals surface area contributed by atoms with Gasteiger partial charge in [0.05, 0.1) is 12.8 Å². The predicted molar refractivity (Wildman–Crippen MR) is 97.9 cm³/mol. The van der Waals surface area contributed by atoms with Gasteiger partial charge in [0.15, 0.2) is 6.61 Å². The Balaban J connectivity index is 1.54. The minimum absolute atomic E-state index is 0.0413. The van der Waals surface area contributed by atoms with Crippen LogP contribution in [0.3, 0.4) is 0 Å². The summed E-state index contributed by atoms with van der Waals surface area (Å²) >= 11 is 1.62. The maximum absolute atomic E-state index is 12.0. The second-order valence-corrected chi connectivity index (χ2v) is 6.04. The summed E-state index contributed by atoms with van der Waals surface area (Å²) in [6.45, 7) is 0.365. The van der Waals surface area contributed by atoms with Gasteiger partial charge in [-0.1, -0.05) is 6.07 Å². The van der Waals surface area contributed by atoms with Crippen LogP contribution in [-0.2, 0) is 11.3 Å². The number of thiophene rings is 1. The molecule has 0 radical (unpaired) electrons. The van der Waals surface area contributed by atoms with Crippen molar-refractivity contribution in [2.24, 2.45) is 0 Å². The van der Waals surface area contributed by atoms with Crippen molar-refractivity contribution in [1.29, 1.82) is 0 Å². The first kappa shape index (κ1) is 17.0. The lowest BCUT2D eigenvalue weighted by atomic mass is 10.1. The first-order chi connectivity index (χ1) is 12.3. The van der Waals surface area contributed by atoms with Crippen molar-refractivity contribution in [2.45, 2.75) is 6.54 Å². The van der Waals surface area contributed by atoms with Gasteiger partial charge < -0.3 is 14.8 Å². The van der Waals surface area contributed by atoms with E-state index >= 15 is 0 Å². The Hall–Kier alpha value is -2.86. The number of aromatic nitrogens is 1. The molecule has 1 amide bonds. The SMILES string of the molecule is COc1ccc(OCC(=O)NCc2cccnc2-c2ccsc2)cc1. The highest BCUT2D eigenvalue weighted by Gasteiger charge is 2.09. The van der Waals surface area contributed by atoms with E-state index in [0.29, 0.717) is 12.3 Å². The third kappa shape index (κ3) is 4.58. The van der Waals surface area contributed by atoms with Gasteiger partial charge in [0.2, 0.25) is 0 Å². The maximum Gasteiger partial charge on any atom is 0.258 e. The molecule has 0 atom stereocenters. The summed E-state index contributed by atoms with van der Waals surface area (Å²) in [5.74, 6) is 1.18. The molecule has 2 aromatic heterocycles. The topological polar surface area (TPSA) is 60.5 Å². The smallest absolute Gasteiger partial charge is 0.258 e. The molecule has 128 valence electrons. The zero-order chi connectivity index (χ0) is 17.5. The number of carbonyl (C=O) groups excluding carboxylic acids is 1. The number of carbonyl (C=O) groups is 1. The summed E-state index contributed by atoms with van der Waals surface area (Å²) in [6.07, 6.45) is 1.76. The summed E-state index contributed by atoms with van der Waals surface area (Å²) < 4.78 is 10.6. The largest absolute Gasteiger partial charge is 0.497 e. The van der Waals surface area contributed by atoms with Gasteiger partial charge in [0, 0.05) is 23.7 Å². The van der Waals surface area contributed by atoms with Crippen molar-refractivity contribution in [3.05, 3.63) is 65.0 Å². The second kappa shape index (κ2) is 8.30. The molecule has 6 heteroatoms. The van der Waals surface area contributed by atoms with Gasteiger partial charge in [0.25, 0.3) is 5.91 Å². The number of pyridine rings is 1. The number of nitrogens with zero attached hydrogens (tertiary/aromatic N) is 1. The standard InChI is InChI=1S/C19H18N2O3S/c1-23-16-4-6-17(7-5-16)24-12-18(22)21-11-14-3-2-9-20-19(14)15-8-10-25-13-15/h2-10,13H,11-12H2,1H3,(H,21,22). The summed E-state index contributed by atoms with van der Waals surface area (Å²) in [7, 11) is 1.60. The molecule has 3 rings (SSSR count). The molecule has 1 aromatic carbocycles. The van der Waals surface area contributed by atoms with E-state index in [-0.39, 0.29) is 12.5 Å². The Labute approximate surface area is 150 Å². The molecule has 3 aromatic rings. The molecule has 2 heterocycles. The van der Waals surface area contributed by atoms with E-state index in [1.165, 1.54) is 0 Å². The van der Waals surface area contributed by atoms with Crippen LogP contribution >= 0.6 is 11.3 Å². The molecule has 0 aliphatic rings. The van der Waals surface area contributed by atoms with Crippen molar-refractivity contribution in [2.75, 3.05) is 13.7 Å². The average Bonchev–Trinajstić information content (AvgIpc) is 3.20. The van der Waals surface area contributed by atoms with Gasteiger partial charge in [-0.3, -0.25) is 9.78 Å². The average molecular weight is 354 g/mol. The quantitative estimate of drug-likeness (QED) is 0.705. The lowest BCUT2D eigenvalue weighted by molar-refractivity contribution is -0.123. The molecular weight excluding hydrogens is 336 g/mol. The monoisotopic (exact) mass is 354 g/mol. The van der Waals surface area contributed by atoms with Crippen LogP contribution in [0.2, 0.25) is 0 Å². The van der Waals surface area contributed by atoms with Crippen LogP contribution in [0.4, 0.5) is 0 Å². The Bertz CT molecular complexity index is 817. The second-order valence-electron chi connectivity index (χ2n) is 5.26. The summed E-state index contributed by atoms with van der Waals surface area (Å²) in [6, 6.07) is 13.0. The number of nitrogens with one attached hydrogen (secondary N) is 1. The molecule has 0 saturated carbocycles. The zero-order valence-corrected chi connectivity index (χ0v) is 14.6. The molecule has 0 unspecified atom stereocenters. The first-order valence-electron chi connectivity index (χ1n) is 7.76. The number of hydrogen-bond acceptors (Lipinski definition) is 5. The molecule has 5 nitrogen and oxygen atoms in total. The Morgan fingerprint density at radius 1 is 1.16 bits per heavy atom. The molecule has 25 heavy (non-hydrogen) atoms. The Morgan fingerprint density at radius 3 is 2.68 bits per heavy atom. The van der Waals surface area contributed by atoms with E-state index in [1.807, 2.05) is 29.0 Å². The van der Waals surface area contributed by atoms with Gasteiger partial charge in [-0.05, 0) is 47.3 Å². The third-order valence-corrected chi connectivity index (χ3v) is 4.27. The van der Waals surface area contributed by atoms with E-state index in [2.05, 4.69) is 10.3 Å². The number of rotatable bonds is 7. The lowest BCUT2D eigenvalue weighted by Crippen LogP contribution is -2.28. The first-order valence-corrected chi connectivity index (χ1v) is 8.70. The van der Waals surface area contributed by atoms with Crippen molar-refractivity contribution >= 4 is 17.2 Å².